The Labute approximate surface area is 141 Å². The molecule has 0 unspecified atom stereocenters. The van der Waals surface area contributed by atoms with Crippen LogP contribution in [-0.2, 0) is 9.47 Å². The minimum absolute atomic E-state index is 0.212. The third-order valence-electron chi connectivity index (χ3n) is 2.93. The van der Waals surface area contributed by atoms with E-state index in [1.54, 1.807) is 0 Å². The lowest BCUT2D eigenvalue weighted by Gasteiger charge is -2.04. The van der Waals surface area contributed by atoms with Crippen LogP contribution in [0.25, 0.3) is 11.1 Å². The standard InChI is InChI=1S/C12H8N2O8S2/c1-21-11(15)9-7(5(3-23-9)13(17)18)8-6(14(19)20)4-24-10(8)12(16)22-2/h3-4H,1-2H3. The second-order valence-electron chi connectivity index (χ2n) is 4.15. The second-order valence-corrected chi connectivity index (χ2v) is 5.91. The third kappa shape index (κ3) is 2.83. The molecule has 0 aromatic carbocycles. The molecule has 24 heavy (non-hydrogen) atoms. The zero-order valence-corrected chi connectivity index (χ0v) is 13.8. The first-order valence-corrected chi connectivity index (χ1v) is 7.78. The van der Waals surface area contributed by atoms with Gasteiger partial charge in [0, 0.05) is 0 Å². The van der Waals surface area contributed by atoms with Crippen LogP contribution in [-0.4, -0.2) is 36.0 Å². The van der Waals surface area contributed by atoms with Crippen molar-refractivity contribution in [3.63, 3.8) is 0 Å². The molecule has 0 aliphatic rings. The average Bonchev–Trinajstić information content (AvgIpc) is 3.16. The molecule has 0 atom stereocenters. The van der Waals surface area contributed by atoms with Crippen LogP contribution in [0.3, 0.4) is 0 Å². The highest BCUT2D eigenvalue weighted by atomic mass is 32.1. The van der Waals surface area contributed by atoms with Gasteiger partial charge in [-0.15, -0.1) is 22.7 Å². The molecule has 0 saturated heterocycles. The van der Waals surface area contributed by atoms with Gasteiger partial charge in [0.2, 0.25) is 0 Å². The van der Waals surface area contributed by atoms with Gasteiger partial charge in [-0.1, -0.05) is 0 Å². The maximum absolute atomic E-state index is 11.9. The molecule has 2 heterocycles. The van der Waals surface area contributed by atoms with Gasteiger partial charge in [0.25, 0.3) is 11.4 Å². The number of carbonyl (C=O) groups is 2. The van der Waals surface area contributed by atoms with Crippen LogP contribution < -0.4 is 0 Å². The first-order chi connectivity index (χ1) is 11.3. The summed E-state index contributed by atoms with van der Waals surface area (Å²) in [5.41, 5.74) is -1.73. The van der Waals surface area contributed by atoms with Crippen molar-refractivity contribution in [2.75, 3.05) is 14.2 Å². The van der Waals surface area contributed by atoms with Gasteiger partial charge in [-0.3, -0.25) is 20.2 Å². The van der Waals surface area contributed by atoms with Gasteiger partial charge >= 0.3 is 11.9 Å². The summed E-state index contributed by atoms with van der Waals surface area (Å²) in [6.07, 6.45) is 0. The molecule has 0 N–H and O–H groups in total. The summed E-state index contributed by atoms with van der Waals surface area (Å²) in [5, 5.41) is 24.6. The maximum Gasteiger partial charge on any atom is 0.348 e. The Morgan fingerprint density at radius 2 is 1.21 bits per heavy atom. The van der Waals surface area contributed by atoms with Gasteiger partial charge in [0.05, 0.1) is 46.0 Å². The Kier molecular flexibility index (Phi) is 4.90. The summed E-state index contributed by atoms with van der Waals surface area (Å²) in [6, 6.07) is 0. The summed E-state index contributed by atoms with van der Waals surface area (Å²) in [6.45, 7) is 0. The minimum Gasteiger partial charge on any atom is -0.465 e. The van der Waals surface area contributed by atoms with Crippen LogP contribution in [0, 0.1) is 20.2 Å². The number of ether oxygens (including phenoxy) is 2. The summed E-state index contributed by atoms with van der Waals surface area (Å²) in [5.74, 6) is -1.81. The molecule has 0 spiro atoms. The van der Waals surface area contributed by atoms with E-state index in [1.807, 2.05) is 0 Å². The number of nitro groups is 2. The fraction of sp³-hybridized carbons (Fsp3) is 0.167. The highest BCUT2D eigenvalue weighted by Crippen LogP contribution is 2.46. The summed E-state index contributed by atoms with van der Waals surface area (Å²) < 4.78 is 9.12. The largest absolute Gasteiger partial charge is 0.465 e. The van der Waals surface area contributed by atoms with Crippen molar-refractivity contribution in [2.45, 2.75) is 0 Å². The number of hydrogen-bond acceptors (Lipinski definition) is 10. The van der Waals surface area contributed by atoms with Crippen LogP contribution in [0.2, 0.25) is 0 Å². The van der Waals surface area contributed by atoms with Gasteiger partial charge < -0.3 is 9.47 Å². The molecule has 0 bridgehead atoms. The van der Waals surface area contributed by atoms with Gasteiger partial charge in [-0.25, -0.2) is 9.59 Å². The Morgan fingerprint density at radius 3 is 1.46 bits per heavy atom. The van der Waals surface area contributed by atoms with E-state index in [2.05, 4.69) is 9.47 Å². The molecule has 0 radical (unpaired) electrons. The van der Waals surface area contributed by atoms with Crippen molar-refractivity contribution in [1.82, 2.24) is 0 Å². The highest BCUT2D eigenvalue weighted by Gasteiger charge is 2.36. The molecule has 2 aromatic rings. The fourth-order valence-electron chi connectivity index (χ4n) is 1.94. The number of methoxy groups -OCH3 is 2. The van der Waals surface area contributed by atoms with E-state index in [0.29, 0.717) is 22.7 Å². The molecule has 10 nitrogen and oxygen atoms in total. The average molecular weight is 372 g/mol. The number of esters is 2. The Balaban J connectivity index is 2.89. The number of thiophene rings is 2. The number of carbonyl (C=O) groups excluding carboxylic acids is 2. The molecular weight excluding hydrogens is 364 g/mol. The van der Waals surface area contributed by atoms with E-state index in [0.717, 1.165) is 25.0 Å². The lowest BCUT2D eigenvalue weighted by Crippen LogP contribution is -2.05. The van der Waals surface area contributed by atoms with Crippen LogP contribution in [0.4, 0.5) is 11.4 Å². The zero-order valence-electron chi connectivity index (χ0n) is 12.1. The number of nitrogens with zero attached hydrogens (tertiary/aromatic N) is 2. The third-order valence-corrected chi connectivity index (χ3v) is 4.82. The monoisotopic (exact) mass is 372 g/mol. The molecule has 12 heteroatoms. The summed E-state index contributed by atoms with van der Waals surface area (Å²) in [4.78, 5) is 44.3. The van der Waals surface area contributed by atoms with Crippen molar-refractivity contribution in [3.05, 3.63) is 40.7 Å². The zero-order chi connectivity index (χ0) is 18.0. The molecule has 0 saturated carbocycles. The molecule has 0 aliphatic carbocycles. The molecule has 0 aliphatic heterocycles. The van der Waals surface area contributed by atoms with Crippen LogP contribution in [0.15, 0.2) is 10.8 Å². The summed E-state index contributed by atoms with van der Waals surface area (Å²) >= 11 is 1.40. The van der Waals surface area contributed by atoms with Gasteiger partial charge in [0.15, 0.2) is 0 Å². The van der Waals surface area contributed by atoms with Crippen molar-refractivity contribution in [1.29, 1.82) is 0 Å². The lowest BCUT2D eigenvalue weighted by molar-refractivity contribution is -0.386. The second kappa shape index (κ2) is 6.72. The van der Waals surface area contributed by atoms with E-state index in [9.17, 15) is 29.8 Å². The van der Waals surface area contributed by atoms with E-state index in [4.69, 9.17) is 0 Å². The first-order valence-electron chi connectivity index (χ1n) is 6.02. The van der Waals surface area contributed by atoms with Gasteiger partial charge in [-0.05, 0) is 0 Å². The smallest absolute Gasteiger partial charge is 0.348 e. The Morgan fingerprint density at radius 1 is 0.875 bits per heavy atom. The van der Waals surface area contributed by atoms with Crippen molar-refractivity contribution in [2.24, 2.45) is 0 Å². The van der Waals surface area contributed by atoms with E-state index in [1.165, 1.54) is 0 Å². The summed E-state index contributed by atoms with van der Waals surface area (Å²) in [7, 11) is 2.14. The molecule has 2 rings (SSSR count). The van der Waals surface area contributed by atoms with E-state index in [-0.39, 0.29) is 20.9 Å². The predicted octanol–water partition coefficient (Wildman–Crippen LogP) is 2.87. The Bertz CT molecular complexity index is 783. The fourth-order valence-corrected chi connectivity index (χ4v) is 3.81. The number of hydrogen-bond donors (Lipinski definition) is 0. The molecule has 0 amide bonds. The predicted molar refractivity (Wildman–Crippen MR) is 83.6 cm³/mol. The van der Waals surface area contributed by atoms with Gasteiger partial charge in [0.1, 0.15) is 9.75 Å². The van der Waals surface area contributed by atoms with Gasteiger partial charge in [-0.2, -0.15) is 0 Å². The SMILES string of the molecule is COC(=O)c1scc([N+](=O)[O-])c1-c1c([N+](=O)[O-])csc1C(=O)OC. The molecule has 2 aromatic heterocycles. The van der Waals surface area contributed by atoms with Crippen LogP contribution >= 0.6 is 22.7 Å². The molecular formula is C12H8N2O8S2. The van der Waals surface area contributed by atoms with Crippen molar-refractivity contribution in [3.8, 4) is 11.1 Å². The van der Waals surface area contributed by atoms with Crippen molar-refractivity contribution >= 4 is 46.0 Å². The number of rotatable bonds is 5. The lowest BCUT2D eigenvalue weighted by atomic mass is 10.0. The molecule has 126 valence electrons. The normalized spacial score (nSPS) is 10.2. The minimum atomic E-state index is -0.903. The van der Waals surface area contributed by atoms with Crippen molar-refractivity contribution < 1.29 is 28.9 Å². The quantitative estimate of drug-likeness (QED) is 0.443. The van der Waals surface area contributed by atoms with Crippen LogP contribution in [0.1, 0.15) is 19.3 Å². The topological polar surface area (TPSA) is 139 Å². The van der Waals surface area contributed by atoms with E-state index < -0.39 is 33.2 Å². The first kappa shape index (κ1) is 17.5. The highest BCUT2D eigenvalue weighted by molar-refractivity contribution is 7.14. The molecule has 0 fully saturated rings. The Hall–Kier alpha value is -2.86. The maximum atomic E-state index is 11.9. The van der Waals surface area contributed by atoms with Crippen LogP contribution in [0.5, 0.6) is 0 Å². The van der Waals surface area contributed by atoms with E-state index >= 15 is 0 Å².